The summed E-state index contributed by atoms with van der Waals surface area (Å²) in [5.74, 6) is 0.496. The average Bonchev–Trinajstić information content (AvgIpc) is 3.10. The standard InChI is InChI=1S/C20H27BrN6OS/c21-16-9-15(11-23-12-16)13-27-7-5-20(6-8-27)3-1-14(2-4-20)10-17(28)24-19-26-25-18(22)29-19/h9,11-12,14H,1-8,10,13H2,(H2,22,25)(H,24,26,28). The van der Waals surface area contributed by atoms with Crippen LogP contribution in [0, 0.1) is 11.3 Å². The molecule has 0 unspecified atom stereocenters. The summed E-state index contributed by atoms with van der Waals surface area (Å²) in [5, 5.41) is 11.3. The number of nitrogen functional groups attached to an aromatic ring is 1. The van der Waals surface area contributed by atoms with Crippen LogP contribution in [-0.2, 0) is 11.3 Å². The number of rotatable bonds is 5. The van der Waals surface area contributed by atoms with Crippen LogP contribution in [0.25, 0.3) is 0 Å². The van der Waals surface area contributed by atoms with Gasteiger partial charge in [-0.05, 0) is 90.5 Å². The van der Waals surface area contributed by atoms with E-state index in [4.69, 9.17) is 5.73 Å². The van der Waals surface area contributed by atoms with Gasteiger partial charge in [-0.2, -0.15) is 0 Å². The van der Waals surface area contributed by atoms with Crippen molar-refractivity contribution in [3.8, 4) is 0 Å². The van der Waals surface area contributed by atoms with Gasteiger partial charge < -0.3 is 11.1 Å². The molecular weight excluding hydrogens is 452 g/mol. The van der Waals surface area contributed by atoms with E-state index in [0.29, 0.717) is 28.0 Å². The largest absolute Gasteiger partial charge is 0.374 e. The number of anilines is 2. The van der Waals surface area contributed by atoms with E-state index in [0.717, 1.165) is 36.9 Å². The quantitative estimate of drug-likeness (QED) is 0.671. The second-order valence-corrected chi connectivity index (χ2v) is 10.4. The Morgan fingerprint density at radius 3 is 2.66 bits per heavy atom. The van der Waals surface area contributed by atoms with Crippen LogP contribution in [0.1, 0.15) is 50.5 Å². The zero-order valence-corrected chi connectivity index (χ0v) is 18.8. The molecule has 2 fully saturated rings. The zero-order chi connectivity index (χ0) is 20.3. The maximum atomic E-state index is 12.3. The second kappa shape index (κ2) is 9.06. The third-order valence-electron chi connectivity index (χ3n) is 6.41. The van der Waals surface area contributed by atoms with Crippen LogP contribution < -0.4 is 11.1 Å². The maximum absolute atomic E-state index is 12.3. The zero-order valence-electron chi connectivity index (χ0n) is 16.4. The first kappa shape index (κ1) is 20.7. The minimum atomic E-state index is 0.0274. The topological polar surface area (TPSA) is 97.0 Å². The van der Waals surface area contributed by atoms with Gasteiger partial charge in [-0.25, -0.2) is 0 Å². The molecule has 1 amide bonds. The number of carbonyl (C=O) groups excluding carboxylic acids is 1. The van der Waals surface area contributed by atoms with Crippen LogP contribution in [0.3, 0.4) is 0 Å². The van der Waals surface area contributed by atoms with Gasteiger partial charge in [0.15, 0.2) is 0 Å². The molecule has 1 saturated heterocycles. The molecule has 0 bridgehead atoms. The number of hydrogen-bond acceptors (Lipinski definition) is 7. The van der Waals surface area contributed by atoms with Gasteiger partial charge in [0.25, 0.3) is 0 Å². The van der Waals surface area contributed by atoms with Crippen LogP contribution in [0.15, 0.2) is 22.9 Å². The Morgan fingerprint density at radius 2 is 2.00 bits per heavy atom. The average molecular weight is 479 g/mol. The summed E-state index contributed by atoms with van der Waals surface area (Å²) in [6.45, 7) is 3.27. The summed E-state index contributed by atoms with van der Waals surface area (Å²) >= 11 is 4.71. The number of pyridine rings is 1. The number of likely N-dealkylation sites (tertiary alicyclic amines) is 1. The van der Waals surface area contributed by atoms with E-state index in [-0.39, 0.29) is 5.91 Å². The lowest BCUT2D eigenvalue weighted by molar-refractivity contribution is -0.117. The van der Waals surface area contributed by atoms with Gasteiger partial charge in [-0.1, -0.05) is 11.3 Å². The normalized spacial score (nSPS) is 20.0. The highest BCUT2D eigenvalue weighted by Crippen LogP contribution is 2.47. The molecule has 4 rings (SSSR count). The lowest BCUT2D eigenvalue weighted by Crippen LogP contribution is -2.41. The highest BCUT2D eigenvalue weighted by Gasteiger charge is 2.38. The summed E-state index contributed by atoms with van der Waals surface area (Å²) < 4.78 is 1.04. The minimum Gasteiger partial charge on any atom is -0.374 e. The van der Waals surface area contributed by atoms with E-state index < -0.39 is 0 Å². The molecule has 1 spiro atoms. The molecule has 3 heterocycles. The van der Waals surface area contributed by atoms with Crippen molar-refractivity contribution in [3.05, 3.63) is 28.5 Å². The smallest absolute Gasteiger partial charge is 0.226 e. The minimum absolute atomic E-state index is 0.0274. The molecule has 0 aromatic carbocycles. The van der Waals surface area contributed by atoms with Crippen LogP contribution in [0.5, 0.6) is 0 Å². The Bertz CT molecular complexity index is 841. The first-order chi connectivity index (χ1) is 14.0. The fourth-order valence-electron chi connectivity index (χ4n) is 4.70. The lowest BCUT2D eigenvalue weighted by atomic mass is 9.65. The third-order valence-corrected chi connectivity index (χ3v) is 7.51. The van der Waals surface area contributed by atoms with Crippen molar-refractivity contribution in [2.45, 2.75) is 51.5 Å². The number of hydrogen-bond donors (Lipinski definition) is 2. The van der Waals surface area contributed by atoms with Gasteiger partial charge in [0, 0.05) is 29.8 Å². The molecule has 1 saturated carbocycles. The number of amides is 1. The first-order valence-corrected chi connectivity index (χ1v) is 11.8. The SMILES string of the molecule is Nc1nnc(NC(=O)CC2CCC3(CC2)CCN(Cc2cncc(Br)c2)CC3)s1. The fourth-order valence-corrected chi connectivity index (χ4v) is 5.64. The molecule has 0 atom stereocenters. The summed E-state index contributed by atoms with van der Waals surface area (Å²) in [4.78, 5) is 19.1. The van der Waals surface area contributed by atoms with E-state index in [2.05, 4.69) is 47.4 Å². The fraction of sp³-hybridized carbons (Fsp3) is 0.600. The van der Waals surface area contributed by atoms with E-state index in [9.17, 15) is 4.79 Å². The van der Waals surface area contributed by atoms with Crippen LogP contribution in [0.2, 0.25) is 0 Å². The molecule has 1 aliphatic heterocycles. The molecule has 2 aromatic rings. The van der Waals surface area contributed by atoms with Gasteiger partial charge >= 0.3 is 0 Å². The van der Waals surface area contributed by atoms with Crippen molar-refractivity contribution in [2.24, 2.45) is 11.3 Å². The Morgan fingerprint density at radius 1 is 1.24 bits per heavy atom. The Kier molecular flexibility index (Phi) is 6.46. The van der Waals surface area contributed by atoms with Crippen molar-refractivity contribution in [3.63, 3.8) is 0 Å². The number of nitrogens with two attached hydrogens (primary N) is 1. The predicted octanol–water partition coefficient (Wildman–Crippen LogP) is 4.08. The Labute approximate surface area is 183 Å². The van der Waals surface area contributed by atoms with E-state index in [1.54, 1.807) is 0 Å². The van der Waals surface area contributed by atoms with Crippen molar-refractivity contribution in [1.82, 2.24) is 20.1 Å². The third kappa shape index (κ3) is 5.52. The molecule has 29 heavy (non-hydrogen) atoms. The highest BCUT2D eigenvalue weighted by atomic mass is 79.9. The lowest BCUT2D eigenvalue weighted by Gasteiger charge is -2.46. The Hall–Kier alpha value is -1.58. The van der Waals surface area contributed by atoms with Crippen molar-refractivity contribution >= 4 is 43.4 Å². The van der Waals surface area contributed by atoms with E-state index >= 15 is 0 Å². The number of carbonyl (C=O) groups is 1. The second-order valence-electron chi connectivity index (χ2n) is 8.43. The maximum Gasteiger partial charge on any atom is 0.226 e. The summed E-state index contributed by atoms with van der Waals surface area (Å²) in [6, 6.07) is 2.16. The summed E-state index contributed by atoms with van der Waals surface area (Å²) in [7, 11) is 0. The van der Waals surface area contributed by atoms with Gasteiger partial charge in [0.2, 0.25) is 16.2 Å². The van der Waals surface area contributed by atoms with Gasteiger partial charge in [-0.15, -0.1) is 10.2 Å². The molecule has 7 nitrogen and oxygen atoms in total. The number of piperidine rings is 1. The van der Waals surface area contributed by atoms with Gasteiger partial charge in [0.1, 0.15) is 0 Å². The molecule has 0 radical (unpaired) electrons. The van der Waals surface area contributed by atoms with Crippen LogP contribution >= 0.6 is 27.3 Å². The summed E-state index contributed by atoms with van der Waals surface area (Å²) in [6.07, 6.45) is 11.6. The number of nitrogens with zero attached hydrogens (tertiary/aromatic N) is 4. The number of nitrogens with one attached hydrogen (secondary N) is 1. The van der Waals surface area contributed by atoms with Crippen LogP contribution in [-0.4, -0.2) is 39.1 Å². The molecule has 9 heteroatoms. The number of halogens is 1. The predicted molar refractivity (Wildman–Crippen MR) is 118 cm³/mol. The highest BCUT2D eigenvalue weighted by molar-refractivity contribution is 9.10. The van der Waals surface area contributed by atoms with Crippen molar-refractivity contribution < 1.29 is 4.79 Å². The molecule has 156 valence electrons. The van der Waals surface area contributed by atoms with Gasteiger partial charge in [0.05, 0.1) is 0 Å². The summed E-state index contributed by atoms with van der Waals surface area (Å²) in [5.41, 5.74) is 7.31. The monoisotopic (exact) mass is 478 g/mol. The van der Waals surface area contributed by atoms with Gasteiger partial charge in [-0.3, -0.25) is 14.7 Å². The molecule has 2 aromatic heterocycles. The molecule has 1 aliphatic carbocycles. The number of aromatic nitrogens is 3. The van der Waals surface area contributed by atoms with Crippen molar-refractivity contribution in [1.29, 1.82) is 0 Å². The molecular formula is C20H27BrN6OS. The Balaban J connectivity index is 1.21. The van der Waals surface area contributed by atoms with E-state index in [1.807, 2.05) is 12.4 Å². The van der Waals surface area contributed by atoms with Crippen molar-refractivity contribution in [2.75, 3.05) is 24.1 Å². The molecule has 2 aliphatic rings. The molecule has 3 N–H and O–H groups in total. The first-order valence-electron chi connectivity index (χ1n) is 10.2. The van der Waals surface area contributed by atoms with E-state index in [1.165, 1.54) is 42.6 Å². The van der Waals surface area contributed by atoms with Crippen LogP contribution in [0.4, 0.5) is 10.3 Å².